The summed E-state index contributed by atoms with van der Waals surface area (Å²) < 4.78 is 22.6. The van der Waals surface area contributed by atoms with Crippen LogP contribution in [0.3, 0.4) is 0 Å². The van der Waals surface area contributed by atoms with Crippen LogP contribution in [0.25, 0.3) is 33.5 Å². The predicted octanol–water partition coefficient (Wildman–Crippen LogP) is 4.55. The molecule has 0 atom stereocenters. The van der Waals surface area contributed by atoms with Gasteiger partial charge in [0.2, 0.25) is 5.82 Å². The topological polar surface area (TPSA) is 148 Å². The number of benzene rings is 3. The Hall–Kier alpha value is -5.52. The molecule has 3 aromatic carbocycles. The zero-order valence-electron chi connectivity index (χ0n) is 21.4. The number of fused-ring (bicyclic) bond motifs is 2. The zero-order chi connectivity index (χ0) is 28.2. The van der Waals surface area contributed by atoms with E-state index in [1.807, 2.05) is 0 Å². The normalized spacial score (nSPS) is 11.2. The van der Waals surface area contributed by atoms with Crippen molar-refractivity contribution in [2.24, 2.45) is 5.10 Å². The molecular formula is C28H22N4O8. The van der Waals surface area contributed by atoms with Crippen molar-refractivity contribution >= 4 is 39.7 Å². The van der Waals surface area contributed by atoms with Gasteiger partial charge in [-0.1, -0.05) is 18.2 Å². The lowest BCUT2D eigenvalue weighted by Crippen LogP contribution is -2.20. The average molecular weight is 543 g/mol. The third-order valence-electron chi connectivity index (χ3n) is 5.87. The summed E-state index contributed by atoms with van der Waals surface area (Å²) in [5, 5.41) is 17.0. The quantitative estimate of drug-likeness (QED) is 0.113. The number of carbonyl (C=O) groups is 1. The highest BCUT2D eigenvalue weighted by Crippen LogP contribution is 2.33. The number of methoxy groups -OCH3 is 1. The van der Waals surface area contributed by atoms with Crippen LogP contribution in [0.5, 0.6) is 11.5 Å². The van der Waals surface area contributed by atoms with Gasteiger partial charge in [0.05, 0.1) is 41.1 Å². The van der Waals surface area contributed by atoms with Gasteiger partial charge in [0.15, 0.2) is 18.1 Å². The highest BCUT2D eigenvalue weighted by atomic mass is 16.6. The number of ether oxygens (including phenoxy) is 3. The van der Waals surface area contributed by atoms with Crippen molar-refractivity contribution in [3.05, 3.63) is 92.8 Å². The maximum absolute atomic E-state index is 13.5. The fourth-order valence-electron chi connectivity index (χ4n) is 4.06. The predicted molar refractivity (Wildman–Crippen MR) is 146 cm³/mol. The molecule has 0 saturated heterocycles. The highest BCUT2D eigenvalue weighted by Gasteiger charge is 2.19. The number of furan rings is 1. The minimum absolute atomic E-state index is 0.114. The number of nitrogens with zero attached hydrogens (tertiary/aromatic N) is 4. The van der Waals surface area contributed by atoms with Crippen LogP contribution >= 0.6 is 0 Å². The third-order valence-corrected chi connectivity index (χ3v) is 5.87. The van der Waals surface area contributed by atoms with E-state index in [9.17, 15) is 19.7 Å². The highest BCUT2D eigenvalue weighted by molar-refractivity contribution is 5.89. The van der Waals surface area contributed by atoms with Gasteiger partial charge in [0.1, 0.15) is 11.3 Å². The number of aromatic nitrogens is 2. The molecule has 0 radical (unpaired) electrons. The van der Waals surface area contributed by atoms with Gasteiger partial charge < -0.3 is 18.6 Å². The molecular weight excluding hydrogens is 520 g/mol. The lowest BCUT2D eigenvalue weighted by atomic mass is 10.2. The van der Waals surface area contributed by atoms with Crippen LogP contribution in [0.4, 0.5) is 5.69 Å². The monoisotopic (exact) mass is 542 g/mol. The van der Waals surface area contributed by atoms with Gasteiger partial charge in [-0.15, -0.1) is 0 Å². The van der Waals surface area contributed by atoms with Gasteiger partial charge in [-0.2, -0.15) is 9.78 Å². The molecule has 0 spiro atoms. The molecule has 5 rings (SSSR count). The number of esters is 1. The molecule has 0 aliphatic rings. The van der Waals surface area contributed by atoms with Crippen LogP contribution in [0.15, 0.2) is 81.0 Å². The Morgan fingerprint density at radius 3 is 2.70 bits per heavy atom. The Labute approximate surface area is 226 Å². The van der Waals surface area contributed by atoms with Crippen LogP contribution in [-0.2, 0) is 9.53 Å². The fourth-order valence-corrected chi connectivity index (χ4v) is 4.06. The van der Waals surface area contributed by atoms with Gasteiger partial charge in [-0.25, -0.2) is 9.78 Å². The molecule has 12 nitrogen and oxygen atoms in total. The van der Waals surface area contributed by atoms with Crippen LogP contribution in [0.1, 0.15) is 12.5 Å². The molecule has 0 unspecified atom stereocenters. The van der Waals surface area contributed by atoms with Crippen molar-refractivity contribution in [3.63, 3.8) is 0 Å². The molecule has 202 valence electrons. The Kier molecular flexibility index (Phi) is 7.22. The summed E-state index contributed by atoms with van der Waals surface area (Å²) in [5.74, 6) is 0.219. The van der Waals surface area contributed by atoms with Gasteiger partial charge >= 0.3 is 11.7 Å². The van der Waals surface area contributed by atoms with Crippen molar-refractivity contribution in [1.29, 1.82) is 0 Å². The van der Waals surface area contributed by atoms with Crippen molar-refractivity contribution in [3.8, 4) is 23.1 Å². The third kappa shape index (κ3) is 5.10. The summed E-state index contributed by atoms with van der Waals surface area (Å²) in [7, 11) is 1.54. The molecule has 2 heterocycles. The van der Waals surface area contributed by atoms with Crippen molar-refractivity contribution in [2.75, 3.05) is 20.3 Å². The van der Waals surface area contributed by atoms with Gasteiger partial charge in [-0.05, 0) is 49.4 Å². The van der Waals surface area contributed by atoms with E-state index in [-0.39, 0.29) is 29.6 Å². The molecule has 5 aromatic rings. The van der Waals surface area contributed by atoms with E-state index in [4.69, 9.17) is 18.6 Å². The molecule has 0 aliphatic carbocycles. The number of hydrogen-bond acceptors (Lipinski definition) is 10. The van der Waals surface area contributed by atoms with E-state index in [0.29, 0.717) is 33.2 Å². The van der Waals surface area contributed by atoms with Crippen molar-refractivity contribution in [1.82, 2.24) is 9.66 Å². The molecule has 0 saturated carbocycles. The summed E-state index contributed by atoms with van der Waals surface area (Å²) >= 11 is 0. The zero-order valence-corrected chi connectivity index (χ0v) is 21.4. The first-order valence-electron chi connectivity index (χ1n) is 12.1. The van der Waals surface area contributed by atoms with Gasteiger partial charge in [0.25, 0.3) is 5.56 Å². The largest absolute Gasteiger partial charge is 0.496 e. The first-order valence-corrected chi connectivity index (χ1v) is 12.1. The number of carbonyl (C=O) groups excluding carboxylic acids is 1. The SMILES string of the molecule is CCOC(=O)COc1ccc(C=Nn2c(-c3cc4c(OC)cccc4o3)nc3ccccc3c2=O)cc1[N+](=O)[O-]. The van der Waals surface area contributed by atoms with Gasteiger partial charge in [0, 0.05) is 11.6 Å². The van der Waals surface area contributed by atoms with Crippen molar-refractivity contribution in [2.45, 2.75) is 6.92 Å². The van der Waals surface area contributed by atoms with E-state index < -0.39 is 23.1 Å². The first kappa shape index (κ1) is 26.1. The summed E-state index contributed by atoms with van der Waals surface area (Å²) in [5.41, 5.74) is 0.420. The second kappa shape index (κ2) is 11.1. The average Bonchev–Trinajstić information content (AvgIpc) is 3.40. The smallest absolute Gasteiger partial charge is 0.344 e. The molecule has 0 amide bonds. The Morgan fingerprint density at radius 2 is 1.93 bits per heavy atom. The number of nitro benzene ring substituents is 1. The minimum atomic E-state index is -0.652. The van der Waals surface area contributed by atoms with E-state index >= 15 is 0 Å². The van der Waals surface area contributed by atoms with Crippen LogP contribution in [-0.4, -0.2) is 47.1 Å². The van der Waals surface area contributed by atoms with E-state index in [0.717, 1.165) is 4.68 Å². The Morgan fingerprint density at radius 1 is 1.10 bits per heavy atom. The molecule has 0 N–H and O–H groups in total. The summed E-state index contributed by atoms with van der Waals surface area (Å²) in [4.78, 5) is 40.7. The molecule has 12 heteroatoms. The minimum Gasteiger partial charge on any atom is -0.496 e. The lowest BCUT2D eigenvalue weighted by molar-refractivity contribution is -0.385. The number of nitro groups is 1. The van der Waals surface area contributed by atoms with E-state index in [1.165, 1.54) is 24.4 Å². The first-order chi connectivity index (χ1) is 19.4. The second-order valence-corrected chi connectivity index (χ2v) is 8.37. The van der Waals surface area contributed by atoms with Crippen molar-refractivity contribution < 1.29 is 28.3 Å². The Bertz CT molecular complexity index is 1840. The van der Waals surface area contributed by atoms with Crippen LogP contribution in [0.2, 0.25) is 0 Å². The maximum Gasteiger partial charge on any atom is 0.344 e. The summed E-state index contributed by atoms with van der Waals surface area (Å²) in [6, 6.07) is 17.9. The molecule has 0 bridgehead atoms. The number of para-hydroxylation sites is 1. The molecule has 2 aromatic heterocycles. The number of rotatable bonds is 9. The standard InChI is InChI=1S/C28H22N4O8/c1-3-38-26(33)16-39-24-12-11-17(13-21(24)32(35)36)15-29-31-27(30-20-8-5-4-7-18(20)28(31)34)25-14-19-22(37-2)9-6-10-23(19)40-25/h4-15H,3,16H2,1-2H3. The molecule has 0 fully saturated rings. The van der Waals surface area contributed by atoms with E-state index in [2.05, 4.69) is 10.1 Å². The van der Waals surface area contributed by atoms with Crippen LogP contribution in [0, 0.1) is 10.1 Å². The fraction of sp³-hybridized carbons (Fsp3) is 0.143. The van der Waals surface area contributed by atoms with E-state index in [1.54, 1.807) is 62.6 Å². The second-order valence-electron chi connectivity index (χ2n) is 8.37. The summed E-state index contributed by atoms with van der Waals surface area (Å²) in [6.07, 6.45) is 1.28. The van der Waals surface area contributed by atoms with Crippen LogP contribution < -0.4 is 15.0 Å². The maximum atomic E-state index is 13.5. The summed E-state index contributed by atoms with van der Waals surface area (Å²) in [6.45, 7) is 1.32. The molecule has 0 aliphatic heterocycles. The Balaban J connectivity index is 1.58. The number of hydrogen-bond donors (Lipinski definition) is 0. The lowest BCUT2D eigenvalue weighted by Gasteiger charge is -2.08. The van der Waals surface area contributed by atoms with Gasteiger partial charge in [-0.3, -0.25) is 14.9 Å². The molecule has 40 heavy (non-hydrogen) atoms.